The van der Waals surface area contributed by atoms with Crippen molar-refractivity contribution in [3.05, 3.63) is 83.1 Å². The number of fused-ring (bicyclic) bond motifs is 2. The third-order valence-corrected chi connectivity index (χ3v) is 6.71. The Balaban J connectivity index is 1.61. The molecule has 1 aromatic heterocycles. The second-order valence-corrected chi connectivity index (χ2v) is 9.58. The normalized spacial score (nSPS) is 14.5. The maximum atomic E-state index is 14.2. The number of nitrogens with zero attached hydrogens (tertiary/aromatic N) is 3. The van der Waals surface area contributed by atoms with Crippen molar-refractivity contribution in [1.29, 1.82) is 0 Å². The molecule has 12 heteroatoms. The van der Waals surface area contributed by atoms with Crippen LogP contribution in [0.2, 0.25) is 0 Å². The Morgan fingerprint density at radius 2 is 1.72 bits per heavy atom. The molecule has 1 aliphatic heterocycles. The van der Waals surface area contributed by atoms with Gasteiger partial charge in [-0.15, -0.1) is 0 Å². The fraction of sp³-hybridized carbons (Fsp3) is 0.125. The number of rotatable bonds is 5. The number of hydrogen-bond donors (Lipinski definition) is 2. The molecule has 184 valence electrons. The van der Waals surface area contributed by atoms with Gasteiger partial charge in [0, 0.05) is 37.2 Å². The van der Waals surface area contributed by atoms with Gasteiger partial charge in [0.25, 0.3) is 5.91 Å². The minimum atomic E-state index is -4.59. The molecule has 0 radical (unpaired) electrons. The van der Waals surface area contributed by atoms with Crippen molar-refractivity contribution >= 4 is 30.6 Å². The van der Waals surface area contributed by atoms with Crippen LogP contribution in [0.1, 0.15) is 21.6 Å². The van der Waals surface area contributed by atoms with Gasteiger partial charge >= 0.3 is 7.82 Å². The van der Waals surface area contributed by atoms with Crippen LogP contribution in [-0.4, -0.2) is 32.8 Å². The minimum absolute atomic E-state index is 0.0296. The Morgan fingerprint density at radius 3 is 2.39 bits per heavy atom. The summed E-state index contributed by atoms with van der Waals surface area (Å²) in [6.07, 6.45) is 0. The van der Waals surface area contributed by atoms with Gasteiger partial charge in [0.1, 0.15) is 11.4 Å². The number of benzene rings is 3. The fourth-order valence-electron chi connectivity index (χ4n) is 4.09. The number of halogens is 2. The van der Waals surface area contributed by atoms with Crippen molar-refractivity contribution in [2.24, 2.45) is 0 Å². The molecule has 3 aromatic carbocycles. The van der Waals surface area contributed by atoms with Crippen LogP contribution in [0, 0.1) is 11.6 Å². The zero-order valence-electron chi connectivity index (χ0n) is 18.8. The van der Waals surface area contributed by atoms with Gasteiger partial charge in [-0.3, -0.25) is 14.2 Å². The lowest BCUT2D eigenvalue weighted by Gasteiger charge is -2.17. The molecule has 9 nitrogen and oxygen atoms in total. The van der Waals surface area contributed by atoms with Crippen molar-refractivity contribution in [2.75, 3.05) is 12.8 Å². The standard InChI is InChI=1S/C24H19F2N4O5P/c1-34-36(32,33)35-21-10-19(26)18(25)9-16(21)13-6-7-20-17(8-13)22(29-24(27)28-20)23(31)30-11-14-4-2-3-5-15(14)12-30/h2-10H,11-12H2,1H3,(H,32,33)(H2,27,28,29). The predicted molar refractivity (Wildman–Crippen MR) is 127 cm³/mol. The number of nitrogen functional groups attached to an aromatic ring is 1. The summed E-state index contributed by atoms with van der Waals surface area (Å²) < 4.78 is 49.5. The Labute approximate surface area is 203 Å². The quantitative estimate of drug-likeness (QED) is 0.376. The Morgan fingerprint density at radius 1 is 1.06 bits per heavy atom. The van der Waals surface area contributed by atoms with E-state index in [2.05, 4.69) is 14.5 Å². The predicted octanol–water partition coefficient (Wildman–Crippen LogP) is 4.44. The van der Waals surface area contributed by atoms with Crippen LogP contribution in [0.3, 0.4) is 0 Å². The molecular weight excluding hydrogens is 493 g/mol. The molecule has 1 atom stereocenters. The Bertz CT molecular complexity index is 1560. The van der Waals surface area contributed by atoms with Gasteiger partial charge in [0.15, 0.2) is 11.6 Å². The molecular formula is C24H19F2N4O5P. The molecule has 0 bridgehead atoms. The summed E-state index contributed by atoms with van der Waals surface area (Å²) in [6, 6.07) is 13.7. The van der Waals surface area contributed by atoms with E-state index in [0.717, 1.165) is 24.3 Å². The minimum Gasteiger partial charge on any atom is -0.403 e. The summed E-state index contributed by atoms with van der Waals surface area (Å²) in [5.74, 6) is -3.41. The van der Waals surface area contributed by atoms with E-state index in [-0.39, 0.29) is 28.7 Å². The molecule has 3 N–H and O–H groups in total. The number of nitrogens with two attached hydrogens (primary N) is 1. The van der Waals surface area contributed by atoms with E-state index in [1.807, 2.05) is 24.3 Å². The number of aromatic nitrogens is 2. The molecule has 1 unspecified atom stereocenters. The molecule has 0 saturated heterocycles. The summed E-state index contributed by atoms with van der Waals surface area (Å²) in [5, 5.41) is 0.303. The van der Waals surface area contributed by atoms with E-state index in [1.54, 1.807) is 4.90 Å². The zero-order chi connectivity index (χ0) is 25.6. The molecule has 36 heavy (non-hydrogen) atoms. The molecule has 1 aliphatic rings. The van der Waals surface area contributed by atoms with Crippen molar-refractivity contribution < 1.29 is 32.1 Å². The van der Waals surface area contributed by atoms with E-state index in [9.17, 15) is 23.0 Å². The third kappa shape index (κ3) is 4.39. The maximum Gasteiger partial charge on any atom is 0.527 e. The van der Waals surface area contributed by atoms with Gasteiger partial charge in [0.2, 0.25) is 5.95 Å². The van der Waals surface area contributed by atoms with Gasteiger partial charge in [0.05, 0.1) is 5.52 Å². The van der Waals surface area contributed by atoms with Crippen LogP contribution >= 0.6 is 7.82 Å². The number of carbonyl (C=O) groups is 1. The molecule has 0 aliphatic carbocycles. The summed E-state index contributed by atoms with van der Waals surface area (Å²) in [4.78, 5) is 33.2. The number of amides is 1. The number of phosphoric ester groups is 1. The van der Waals surface area contributed by atoms with Crippen LogP contribution < -0.4 is 10.3 Å². The average molecular weight is 512 g/mol. The Kier molecular flexibility index (Phi) is 5.91. The van der Waals surface area contributed by atoms with Gasteiger partial charge < -0.3 is 15.2 Å². The molecule has 5 rings (SSSR count). The van der Waals surface area contributed by atoms with Crippen LogP contribution in [-0.2, 0) is 22.2 Å². The van der Waals surface area contributed by atoms with E-state index >= 15 is 0 Å². The highest BCUT2D eigenvalue weighted by Gasteiger charge is 2.28. The fourth-order valence-corrected chi connectivity index (χ4v) is 4.57. The average Bonchev–Trinajstić information content (AvgIpc) is 3.29. The molecule has 0 fully saturated rings. The van der Waals surface area contributed by atoms with Gasteiger partial charge in [-0.25, -0.2) is 23.3 Å². The Hall–Kier alpha value is -3.92. The molecule has 1 amide bonds. The second kappa shape index (κ2) is 8.94. The van der Waals surface area contributed by atoms with Crippen molar-refractivity contribution in [2.45, 2.75) is 13.1 Å². The first kappa shape index (κ1) is 23.8. The monoisotopic (exact) mass is 512 g/mol. The smallest absolute Gasteiger partial charge is 0.403 e. The number of anilines is 1. The molecule has 0 spiro atoms. The summed E-state index contributed by atoms with van der Waals surface area (Å²) in [5.41, 5.74) is 8.48. The lowest BCUT2D eigenvalue weighted by atomic mass is 10.0. The molecule has 4 aromatic rings. The lowest BCUT2D eigenvalue weighted by Crippen LogP contribution is -2.27. The van der Waals surface area contributed by atoms with Crippen molar-refractivity contribution in [1.82, 2.24) is 14.9 Å². The first-order valence-corrected chi connectivity index (χ1v) is 12.2. The highest BCUT2D eigenvalue weighted by Crippen LogP contribution is 2.46. The van der Waals surface area contributed by atoms with Crippen LogP contribution in [0.25, 0.3) is 22.0 Å². The van der Waals surface area contributed by atoms with Gasteiger partial charge in [-0.05, 0) is 34.9 Å². The van der Waals surface area contributed by atoms with Crippen LogP contribution in [0.5, 0.6) is 5.75 Å². The third-order valence-electron chi connectivity index (χ3n) is 5.82. The first-order valence-electron chi connectivity index (χ1n) is 10.7. The van der Waals surface area contributed by atoms with E-state index in [1.165, 1.54) is 18.2 Å². The van der Waals surface area contributed by atoms with E-state index in [4.69, 9.17) is 10.3 Å². The van der Waals surface area contributed by atoms with Crippen molar-refractivity contribution in [3.63, 3.8) is 0 Å². The first-order chi connectivity index (χ1) is 17.1. The van der Waals surface area contributed by atoms with Crippen LogP contribution in [0.4, 0.5) is 14.7 Å². The molecule has 2 heterocycles. The highest BCUT2D eigenvalue weighted by molar-refractivity contribution is 7.47. The van der Waals surface area contributed by atoms with Gasteiger partial charge in [-0.1, -0.05) is 30.3 Å². The van der Waals surface area contributed by atoms with E-state index < -0.39 is 25.2 Å². The topological polar surface area (TPSA) is 128 Å². The number of hydrogen-bond acceptors (Lipinski definition) is 7. The second-order valence-electron chi connectivity index (χ2n) is 8.10. The maximum absolute atomic E-state index is 14.2. The SMILES string of the molecule is COP(=O)(O)Oc1cc(F)c(F)cc1-c1ccc2nc(N)nc(C(=O)N3Cc4ccccc4C3)c2c1. The lowest BCUT2D eigenvalue weighted by molar-refractivity contribution is 0.0747. The molecule has 0 saturated carbocycles. The summed E-state index contributed by atoms with van der Waals surface area (Å²) in [6.45, 7) is 0.786. The summed E-state index contributed by atoms with van der Waals surface area (Å²) in [7, 11) is -3.65. The van der Waals surface area contributed by atoms with Crippen LogP contribution in [0.15, 0.2) is 54.6 Å². The number of carbonyl (C=O) groups excluding carboxylic acids is 1. The van der Waals surface area contributed by atoms with Gasteiger partial charge in [-0.2, -0.15) is 0 Å². The summed E-state index contributed by atoms with van der Waals surface area (Å²) >= 11 is 0. The zero-order valence-corrected chi connectivity index (χ0v) is 19.7. The largest absolute Gasteiger partial charge is 0.527 e. The number of phosphoric acid groups is 1. The van der Waals surface area contributed by atoms with E-state index in [0.29, 0.717) is 30.1 Å². The van der Waals surface area contributed by atoms with Crippen molar-refractivity contribution in [3.8, 4) is 16.9 Å². The highest BCUT2D eigenvalue weighted by atomic mass is 31.2.